The maximum absolute atomic E-state index is 12.4. The molecule has 5 nitrogen and oxygen atoms in total. The lowest BCUT2D eigenvalue weighted by Crippen LogP contribution is -3.14. The van der Waals surface area contributed by atoms with Crippen LogP contribution in [0.15, 0.2) is 0 Å². The van der Waals surface area contributed by atoms with Crippen LogP contribution >= 0.6 is 22.6 Å². The Hall–Kier alpha value is 0.240. The highest BCUT2D eigenvalue weighted by Gasteiger charge is 2.37. The molecule has 1 saturated heterocycles. The third kappa shape index (κ3) is 4.37. The van der Waals surface area contributed by atoms with Crippen molar-refractivity contribution in [1.29, 1.82) is 0 Å². The van der Waals surface area contributed by atoms with Crippen molar-refractivity contribution in [1.82, 2.24) is 0 Å². The van der Waals surface area contributed by atoms with Crippen LogP contribution in [-0.2, 0) is 4.79 Å². The molecule has 2 fully saturated rings. The number of carbonyl (C=O) groups excluding carboxylic acids is 1. The van der Waals surface area contributed by atoms with Crippen LogP contribution < -0.4 is 10.1 Å². The average molecular weight is 397 g/mol. The lowest BCUT2D eigenvalue weighted by molar-refractivity contribution is -1.07. The Morgan fingerprint density at radius 2 is 2.00 bits per heavy atom. The topological polar surface area (TPSA) is 69.2 Å². The van der Waals surface area contributed by atoms with Crippen LogP contribution in [0, 0.1) is 17.0 Å². The molecular formula is C14H26IN2O3+. The molecule has 1 aliphatic carbocycles. The molecule has 0 aromatic rings. The quantitative estimate of drug-likeness (QED) is 0.344. The SMILES string of the molecule is CC1CC[NH+](CC(=O)C2CCC(I)C([NH+]([O-])O)C2)CC1. The van der Waals surface area contributed by atoms with Crippen LogP contribution in [0.25, 0.3) is 0 Å². The van der Waals surface area contributed by atoms with Crippen LogP contribution in [0.2, 0.25) is 0 Å². The number of quaternary nitrogens is 2. The van der Waals surface area contributed by atoms with Crippen LogP contribution in [-0.4, -0.2) is 40.6 Å². The summed E-state index contributed by atoms with van der Waals surface area (Å²) in [5.41, 5.74) is 0. The minimum absolute atomic E-state index is 0.0195. The van der Waals surface area contributed by atoms with E-state index >= 15 is 0 Å². The zero-order valence-electron chi connectivity index (χ0n) is 12.1. The van der Waals surface area contributed by atoms with Gasteiger partial charge in [0.05, 0.1) is 17.0 Å². The predicted molar refractivity (Wildman–Crippen MR) is 84.0 cm³/mol. The zero-order valence-corrected chi connectivity index (χ0v) is 14.3. The Bertz CT molecular complexity index is 332. The molecule has 1 saturated carbocycles. The number of hydroxylamine groups is 2. The highest BCUT2D eigenvalue weighted by atomic mass is 127. The van der Waals surface area contributed by atoms with E-state index in [0.717, 1.165) is 31.8 Å². The number of ketones is 1. The number of Topliss-reactive ketones (excluding diaryl/α,β-unsaturated/α-hetero) is 1. The van der Waals surface area contributed by atoms with Crippen molar-refractivity contribution in [2.75, 3.05) is 19.6 Å². The Labute approximate surface area is 134 Å². The number of hydrogen-bond acceptors (Lipinski definition) is 3. The van der Waals surface area contributed by atoms with Gasteiger partial charge in [-0.1, -0.05) is 29.5 Å². The molecule has 0 aromatic heterocycles. The molecule has 4 unspecified atom stereocenters. The molecule has 20 heavy (non-hydrogen) atoms. The van der Waals surface area contributed by atoms with E-state index < -0.39 is 5.23 Å². The van der Waals surface area contributed by atoms with E-state index in [4.69, 9.17) is 0 Å². The fourth-order valence-electron chi connectivity index (χ4n) is 3.42. The Kier molecular flexibility index (Phi) is 6.22. The van der Waals surface area contributed by atoms with E-state index in [0.29, 0.717) is 18.7 Å². The summed E-state index contributed by atoms with van der Waals surface area (Å²) in [5.74, 6) is 1.07. The third-order valence-electron chi connectivity index (χ3n) is 4.94. The van der Waals surface area contributed by atoms with Gasteiger partial charge >= 0.3 is 0 Å². The highest BCUT2D eigenvalue weighted by Crippen LogP contribution is 2.28. The molecule has 0 bridgehead atoms. The molecule has 1 heterocycles. The number of piperidine rings is 1. The van der Waals surface area contributed by atoms with Crippen molar-refractivity contribution in [2.45, 2.75) is 49.0 Å². The Balaban J connectivity index is 1.83. The second-order valence-electron chi connectivity index (χ2n) is 6.55. The van der Waals surface area contributed by atoms with Gasteiger partial charge in [-0.2, -0.15) is 0 Å². The fraction of sp³-hybridized carbons (Fsp3) is 0.929. The number of nitrogens with one attached hydrogen (secondary N) is 2. The standard InChI is InChI=1S/C14H25IN2O3/c1-10-4-6-16(7-5-10)9-14(18)11-2-3-12(15)13(8-11)17(19)20/h10-13,17,19H,2-9H2,1H3/p+1. The second-order valence-corrected chi connectivity index (χ2v) is 8.15. The Morgan fingerprint density at radius 1 is 1.35 bits per heavy atom. The van der Waals surface area contributed by atoms with Crippen molar-refractivity contribution in [3.8, 4) is 0 Å². The summed E-state index contributed by atoms with van der Waals surface area (Å²) in [7, 11) is 0. The van der Waals surface area contributed by atoms with Gasteiger partial charge in [-0.25, -0.2) is 10.4 Å². The smallest absolute Gasteiger partial charge is 0.190 e. The second kappa shape index (κ2) is 7.49. The van der Waals surface area contributed by atoms with Gasteiger partial charge in [0, 0.05) is 12.3 Å². The summed E-state index contributed by atoms with van der Waals surface area (Å²) in [4.78, 5) is 13.8. The van der Waals surface area contributed by atoms with Crippen LogP contribution in [0.1, 0.15) is 39.0 Å². The minimum Gasteiger partial charge on any atom is -0.600 e. The molecule has 0 radical (unpaired) electrons. The van der Waals surface area contributed by atoms with Gasteiger partial charge < -0.3 is 10.1 Å². The average Bonchev–Trinajstić information content (AvgIpc) is 2.41. The normalized spacial score (nSPS) is 40.3. The molecule has 6 heteroatoms. The first-order chi connectivity index (χ1) is 9.47. The molecule has 4 atom stereocenters. The van der Waals surface area contributed by atoms with Crippen LogP contribution in [0.4, 0.5) is 0 Å². The summed E-state index contributed by atoms with van der Waals surface area (Å²) < 4.78 is 0.178. The number of rotatable bonds is 4. The van der Waals surface area contributed by atoms with Crippen molar-refractivity contribution < 1.29 is 20.1 Å². The zero-order chi connectivity index (χ0) is 14.7. The van der Waals surface area contributed by atoms with Crippen molar-refractivity contribution in [2.24, 2.45) is 11.8 Å². The summed E-state index contributed by atoms with van der Waals surface area (Å²) in [6.45, 7) is 5.07. The van der Waals surface area contributed by atoms with Crippen molar-refractivity contribution in [3.63, 3.8) is 0 Å². The van der Waals surface area contributed by atoms with Gasteiger partial charge in [-0.3, -0.25) is 4.79 Å². The van der Waals surface area contributed by atoms with Gasteiger partial charge in [0.1, 0.15) is 12.6 Å². The first-order valence-corrected chi connectivity index (χ1v) is 8.95. The van der Waals surface area contributed by atoms with Crippen molar-refractivity contribution >= 4 is 28.4 Å². The molecule has 2 rings (SSSR count). The van der Waals surface area contributed by atoms with E-state index in [1.165, 1.54) is 17.7 Å². The summed E-state index contributed by atoms with van der Waals surface area (Å²) in [5, 5.41) is 19.7. The maximum atomic E-state index is 12.4. The number of halogens is 1. The highest BCUT2D eigenvalue weighted by molar-refractivity contribution is 14.1. The predicted octanol–water partition coefficient (Wildman–Crippen LogP) is -0.385. The number of carbonyl (C=O) groups is 1. The van der Waals surface area contributed by atoms with Crippen molar-refractivity contribution in [3.05, 3.63) is 5.21 Å². The van der Waals surface area contributed by atoms with Gasteiger partial charge in [-0.15, -0.1) is 0 Å². The number of likely N-dealkylation sites (tertiary alicyclic amines) is 1. The number of alkyl halides is 1. The molecular weight excluding hydrogens is 371 g/mol. The van der Waals surface area contributed by atoms with E-state index in [1.54, 1.807) is 0 Å². The number of hydrogen-bond donors (Lipinski definition) is 3. The lowest BCUT2D eigenvalue weighted by atomic mass is 9.83. The molecule has 0 spiro atoms. The van der Waals surface area contributed by atoms with E-state index in [-0.39, 0.29) is 15.9 Å². The van der Waals surface area contributed by atoms with E-state index in [1.807, 2.05) is 0 Å². The van der Waals surface area contributed by atoms with Gasteiger partial charge in [-0.05, 0) is 31.6 Å². The van der Waals surface area contributed by atoms with Crippen LogP contribution in [0.3, 0.4) is 0 Å². The van der Waals surface area contributed by atoms with Gasteiger partial charge in [0.25, 0.3) is 0 Å². The summed E-state index contributed by atoms with van der Waals surface area (Å²) in [6, 6.07) is -0.338. The maximum Gasteiger partial charge on any atom is 0.190 e. The molecule has 0 amide bonds. The molecule has 3 N–H and O–H groups in total. The molecule has 116 valence electrons. The minimum atomic E-state index is -0.735. The van der Waals surface area contributed by atoms with E-state index in [9.17, 15) is 15.2 Å². The molecule has 2 aliphatic rings. The monoisotopic (exact) mass is 397 g/mol. The molecule has 0 aromatic carbocycles. The first kappa shape index (κ1) is 16.6. The largest absolute Gasteiger partial charge is 0.600 e. The Morgan fingerprint density at radius 3 is 2.60 bits per heavy atom. The summed E-state index contributed by atoms with van der Waals surface area (Å²) >= 11 is 2.23. The van der Waals surface area contributed by atoms with Crippen LogP contribution in [0.5, 0.6) is 0 Å². The van der Waals surface area contributed by atoms with Gasteiger partial charge in [0.2, 0.25) is 0 Å². The van der Waals surface area contributed by atoms with Gasteiger partial charge in [0.15, 0.2) is 5.78 Å². The third-order valence-corrected chi connectivity index (χ3v) is 6.44. The lowest BCUT2D eigenvalue weighted by Gasteiger charge is -2.35. The summed E-state index contributed by atoms with van der Waals surface area (Å²) in [6.07, 6.45) is 4.70. The molecule has 1 aliphatic heterocycles. The first-order valence-electron chi connectivity index (χ1n) is 7.70. The fourth-order valence-corrected chi connectivity index (χ4v) is 4.38. The van der Waals surface area contributed by atoms with E-state index in [2.05, 4.69) is 29.5 Å².